The van der Waals surface area contributed by atoms with Crippen molar-refractivity contribution in [1.82, 2.24) is 14.1 Å². The number of aryl methyl sites for hydroxylation is 1. The van der Waals surface area contributed by atoms with Gasteiger partial charge in [0, 0.05) is 31.2 Å². The van der Waals surface area contributed by atoms with E-state index in [1.54, 1.807) is 15.2 Å². The molecule has 0 N–H and O–H groups in total. The number of piperidine rings is 1. The van der Waals surface area contributed by atoms with Gasteiger partial charge in [-0.3, -0.25) is 4.68 Å². The largest absolute Gasteiger partial charge is 0.271 e. The molecule has 1 aliphatic heterocycles. The van der Waals surface area contributed by atoms with Gasteiger partial charge in [0.15, 0.2) is 0 Å². The molecule has 1 saturated heterocycles. The summed E-state index contributed by atoms with van der Waals surface area (Å²) in [5.74, 6) is 1.13. The topological polar surface area (TPSA) is 55.2 Å². The van der Waals surface area contributed by atoms with Gasteiger partial charge >= 0.3 is 0 Å². The number of aromatic nitrogens is 2. The molecule has 0 aromatic carbocycles. The number of hydrogen-bond donors (Lipinski definition) is 0. The average molecular weight is 320 g/mol. The molecule has 1 fully saturated rings. The molecule has 114 valence electrons. The molecule has 20 heavy (non-hydrogen) atoms. The van der Waals surface area contributed by atoms with Crippen LogP contribution < -0.4 is 0 Å². The summed E-state index contributed by atoms with van der Waals surface area (Å²) < 4.78 is 28.5. The van der Waals surface area contributed by atoms with Gasteiger partial charge in [-0.05, 0) is 32.1 Å². The molecule has 0 spiro atoms. The zero-order chi connectivity index (χ0) is 14.8. The van der Waals surface area contributed by atoms with Gasteiger partial charge in [0.2, 0.25) is 10.0 Å². The minimum Gasteiger partial charge on any atom is -0.271 e. The normalized spacial score (nSPS) is 24.9. The predicted octanol–water partition coefficient (Wildman–Crippen LogP) is 2.32. The molecule has 0 saturated carbocycles. The first kappa shape index (κ1) is 15.8. The lowest BCUT2D eigenvalue weighted by Gasteiger charge is -2.35. The fourth-order valence-corrected chi connectivity index (χ4v) is 4.43. The highest BCUT2D eigenvalue weighted by Gasteiger charge is 2.33. The number of sulfonamides is 1. The Morgan fingerprint density at radius 1 is 1.45 bits per heavy atom. The van der Waals surface area contributed by atoms with E-state index in [2.05, 4.69) is 12.0 Å². The fourth-order valence-electron chi connectivity index (χ4n) is 2.70. The second-order valence-corrected chi connectivity index (χ2v) is 7.84. The first-order valence-electron chi connectivity index (χ1n) is 7.05. The summed E-state index contributed by atoms with van der Waals surface area (Å²) in [4.78, 5) is 0.286. The van der Waals surface area contributed by atoms with Crippen LogP contribution in [0.25, 0.3) is 0 Å². The summed E-state index contributed by atoms with van der Waals surface area (Å²) in [6, 6.07) is 0.0509. The third-order valence-corrected chi connectivity index (χ3v) is 6.05. The van der Waals surface area contributed by atoms with Crippen LogP contribution in [0.4, 0.5) is 0 Å². The van der Waals surface area contributed by atoms with Crippen molar-refractivity contribution in [3.8, 4) is 0 Å². The molecule has 0 aliphatic carbocycles. The summed E-state index contributed by atoms with van der Waals surface area (Å²) in [5, 5.41) is 4.11. The second-order valence-electron chi connectivity index (χ2n) is 5.58. The van der Waals surface area contributed by atoms with Crippen LogP contribution in [-0.2, 0) is 16.6 Å². The fraction of sp³-hybridized carbons (Fsp3) is 0.769. The van der Waals surface area contributed by atoms with E-state index in [0.717, 1.165) is 19.3 Å². The van der Waals surface area contributed by atoms with E-state index in [-0.39, 0.29) is 10.9 Å². The Balaban J connectivity index is 2.15. The van der Waals surface area contributed by atoms with Gasteiger partial charge < -0.3 is 0 Å². The van der Waals surface area contributed by atoms with Crippen molar-refractivity contribution in [3.05, 3.63) is 12.4 Å². The number of alkyl halides is 1. The van der Waals surface area contributed by atoms with Gasteiger partial charge in [-0.25, -0.2) is 8.42 Å². The maximum atomic E-state index is 12.6. The van der Waals surface area contributed by atoms with Crippen molar-refractivity contribution in [2.75, 3.05) is 12.4 Å². The lowest BCUT2D eigenvalue weighted by molar-refractivity contribution is 0.220. The van der Waals surface area contributed by atoms with Crippen LogP contribution in [0.15, 0.2) is 17.3 Å². The SMILES string of the molecule is CC1CCN(S(=O)(=O)c2cnn(CCCCl)c2)C(C)C1. The molecule has 7 heteroatoms. The van der Waals surface area contributed by atoms with Crippen LogP contribution in [0, 0.1) is 5.92 Å². The highest BCUT2D eigenvalue weighted by atomic mass is 35.5. The van der Waals surface area contributed by atoms with Gasteiger partial charge in [-0.15, -0.1) is 11.6 Å². The zero-order valence-electron chi connectivity index (χ0n) is 12.0. The Labute approximate surface area is 126 Å². The summed E-state index contributed by atoms with van der Waals surface area (Å²) in [6.45, 7) is 5.39. The summed E-state index contributed by atoms with van der Waals surface area (Å²) >= 11 is 5.64. The van der Waals surface area contributed by atoms with Crippen LogP contribution in [0.3, 0.4) is 0 Å². The van der Waals surface area contributed by atoms with Gasteiger partial charge in [0.05, 0.1) is 6.20 Å². The standard InChI is InChI=1S/C13H22ClN3O2S/c1-11-4-7-17(12(2)8-11)20(18,19)13-9-15-16(10-13)6-3-5-14/h9-12H,3-8H2,1-2H3. The van der Waals surface area contributed by atoms with Crippen LogP contribution in [-0.4, -0.2) is 41.0 Å². The molecule has 1 aromatic heterocycles. The Morgan fingerprint density at radius 2 is 2.20 bits per heavy atom. The third-order valence-electron chi connectivity index (χ3n) is 3.81. The maximum Gasteiger partial charge on any atom is 0.246 e. The monoisotopic (exact) mass is 319 g/mol. The molecule has 1 aromatic rings. The summed E-state index contributed by atoms with van der Waals surface area (Å²) in [5.41, 5.74) is 0. The molecule has 0 bridgehead atoms. The smallest absolute Gasteiger partial charge is 0.246 e. The van der Waals surface area contributed by atoms with Crippen molar-refractivity contribution in [3.63, 3.8) is 0 Å². The second kappa shape index (κ2) is 6.45. The molecule has 2 unspecified atom stereocenters. The number of nitrogens with zero attached hydrogens (tertiary/aromatic N) is 3. The molecule has 0 amide bonds. The van der Waals surface area contributed by atoms with Gasteiger partial charge in [-0.2, -0.15) is 9.40 Å². The Kier molecular flexibility index (Phi) is 5.09. The first-order valence-corrected chi connectivity index (χ1v) is 9.03. The first-order chi connectivity index (χ1) is 9.45. The average Bonchev–Trinajstić information content (AvgIpc) is 2.85. The van der Waals surface area contributed by atoms with E-state index >= 15 is 0 Å². The number of rotatable bonds is 5. The quantitative estimate of drug-likeness (QED) is 0.783. The van der Waals surface area contributed by atoms with E-state index in [4.69, 9.17) is 11.6 Å². The Hall–Kier alpha value is -0.590. The molecule has 2 heterocycles. The van der Waals surface area contributed by atoms with Crippen LogP contribution in [0.5, 0.6) is 0 Å². The van der Waals surface area contributed by atoms with Crippen molar-refractivity contribution in [2.24, 2.45) is 5.92 Å². The molecular formula is C13H22ClN3O2S. The van der Waals surface area contributed by atoms with E-state index in [1.165, 1.54) is 6.20 Å². The predicted molar refractivity (Wildman–Crippen MR) is 79.3 cm³/mol. The minimum absolute atomic E-state index is 0.0509. The van der Waals surface area contributed by atoms with E-state index in [9.17, 15) is 8.42 Å². The lowest BCUT2D eigenvalue weighted by Crippen LogP contribution is -2.43. The molecule has 2 rings (SSSR count). The molecule has 2 atom stereocenters. The highest BCUT2D eigenvalue weighted by molar-refractivity contribution is 7.89. The van der Waals surface area contributed by atoms with Crippen molar-refractivity contribution in [2.45, 2.75) is 50.6 Å². The Bertz CT molecular complexity index is 544. The Morgan fingerprint density at radius 3 is 2.85 bits per heavy atom. The number of hydrogen-bond acceptors (Lipinski definition) is 3. The maximum absolute atomic E-state index is 12.6. The van der Waals surface area contributed by atoms with E-state index in [1.807, 2.05) is 6.92 Å². The highest BCUT2D eigenvalue weighted by Crippen LogP contribution is 2.27. The van der Waals surface area contributed by atoms with Crippen molar-refractivity contribution < 1.29 is 8.42 Å². The van der Waals surface area contributed by atoms with Crippen molar-refractivity contribution in [1.29, 1.82) is 0 Å². The lowest BCUT2D eigenvalue weighted by atomic mass is 9.95. The van der Waals surface area contributed by atoms with Gasteiger partial charge in [-0.1, -0.05) is 6.92 Å². The van der Waals surface area contributed by atoms with Gasteiger partial charge in [0.1, 0.15) is 4.90 Å². The summed E-state index contributed by atoms with van der Waals surface area (Å²) in [7, 11) is -3.42. The zero-order valence-corrected chi connectivity index (χ0v) is 13.6. The van der Waals surface area contributed by atoms with Crippen LogP contribution in [0.1, 0.15) is 33.1 Å². The molecule has 0 radical (unpaired) electrons. The van der Waals surface area contributed by atoms with Crippen LogP contribution in [0.2, 0.25) is 0 Å². The molecule has 5 nitrogen and oxygen atoms in total. The van der Waals surface area contributed by atoms with Gasteiger partial charge in [0.25, 0.3) is 0 Å². The van der Waals surface area contributed by atoms with E-state index in [0.29, 0.717) is 24.9 Å². The summed E-state index contributed by atoms with van der Waals surface area (Å²) in [6.07, 6.45) is 5.66. The number of halogens is 1. The third kappa shape index (κ3) is 3.35. The van der Waals surface area contributed by atoms with Crippen molar-refractivity contribution >= 4 is 21.6 Å². The van der Waals surface area contributed by atoms with E-state index < -0.39 is 10.0 Å². The van der Waals surface area contributed by atoms with Crippen LogP contribution >= 0.6 is 11.6 Å². The molecular weight excluding hydrogens is 298 g/mol. The minimum atomic E-state index is -3.42. The molecule has 1 aliphatic rings.